The quantitative estimate of drug-likeness (QED) is 0.743. The Balaban J connectivity index is 1.34. The molecule has 170 valence electrons. The molecule has 8 nitrogen and oxygen atoms in total. The van der Waals surface area contributed by atoms with E-state index in [9.17, 15) is 18.0 Å². The standard InChI is InChI=1S/C22H31N3O5S/c1-16(26)25-12-13-30-21-9-8-19(14-20(21)25)31(28,29)23-15-17-4-6-18(7-5-17)22(27)24-10-2-3-11-24/h8-9,14,17-18,23H,2-7,10-13,15H2,1H3. The highest BCUT2D eigenvalue weighted by atomic mass is 32.2. The molecule has 1 aliphatic carbocycles. The van der Waals surface area contributed by atoms with Gasteiger partial charge in [0, 0.05) is 32.5 Å². The van der Waals surface area contributed by atoms with Gasteiger partial charge in [-0.3, -0.25) is 9.59 Å². The van der Waals surface area contributed by atoms with Crippen molar-refractivity contribution >= 4 is 27.5 Å². The molecule has 4 rings (SSSR count). The molecule has 0 bridgehead atoms. The van der Waals surface area contributed by atoms with E-state index >= 15 is 0 Å². The summed E-state index contributed by atoms with van der Waals surface area (Å²) in [6.07, 6.45) is 5.55. The number of rotatable bonds is 5. The van der Waals surface area contributed by atoms with E-state index < -0.39 is 10.0 Å². The normalized spacial score (nSPS) is 23.9. The average molecular weight is 450 g/mol. The maximum absolute atomic E-state index is 12.9. The Labute approximate surface area is 184 Å². The lowest BCUT2D eigenvalue weighted by Gasteiger charge is -2.30. The summed E-state index contributed by atoms with van der Waals surface area (Å²) in [6.45, 7) is 4.37. The number of amides is 2. The van der Waals surface area contributed by atoms with Crippen molar-refractivity contribution in [3.8, 4) is 5.75 Å². The Kier molecular flexibility index (Phi) is 6.52. The molecule has 2 heterocycles. The molecule has 1 N–H and O–H groups in total. The van der Waals surface area contributed by atoms with Gasteiger partial charge in [-0.15, -0.1) is 0 Å². The lowest BCUT2D eigenvalue weighted by Crippen LogP contribution is -2.38. The highest BCUT2D eigenvalue weighted by Crippen LogP contribution is 2.34. The van der Waals surface area contributed by atoms with E-state index in [4.69, 9.17) is 4.74 Å². The number of carbonyl (C=O) groups is 2. The lowest BCUT2D eigenvalue weighted by molar-refractivity contribution is -0.135. The fourth-order valence-corrected chi connectivity index (χ4v) is 5.95. The molecule has 1 aromatic carbocycles. The van der Waals surface area contributed by atoms with Crippen LogP contribution in [0.5, 0.6) is 5.75 Å². The molecule has 0 spiro atoms. The Bertz CT molecular complexity index is 934. The first kappa shape index (κ1) is 22.1. The zero-order chi connectivity index (χ0) is 22.0. The first-order valence-electron chi connectivity index (χ1n) is 11.2. The van der Waals surface area contributed by atoms with E-state index in [1.165, 1.54) is 24.0 Å². The summed E-state index contributed by atoms with van der Waals surface area (Å²) >= 11 is 0. The molecule has 0 atom stereocenters. The van der Waals surface area contributed by atoms with Gasteiger partial charge in [-0.25, -0.2) is 13.1 Å². The van der Waals surface area contributed by atoms with Gasteiger partial charge in [0.1, 0.15) is 12.4 Å². The number of nitrogens with one attached hydrogen (secondary N) is 1. The summed E-state index contributed by atoms with van der Waals surface area (Å²) in [5, 5.41) is 0. The molecule has 9 heteroatoms. The van der Waals surface area contributed by atoms with Gasteiger partial charge in [0.25, 0.3) is 0 Å². The maximum atomic E-state index is 12.9. The van der Waals surface area contributed by atoms with Crippen molar-refractivity contribution in [1.82, 2.24) is 9.62 Å². The van der Waals surface area contributed by atoms with Crippen LogP contribution in [-0.4, -0.2) is 57.9 Å². The van der Waals surface area contributed by atoms with Crippen molar-refractivity contribution < 1.29 is 22.7 Å². The average Bonchev–Trinajstić information content (AvgIpc) is 3.31. The summed E-state index contributed by atoms with van der Waals surface area (Å²) in [7, 11) is -3.70. The van der Waals surface area contributed by atoms with Crippen molar-refractivity contribution in [2.24, 2.45) is 11.8 Å². The molecule has 1 aromatic rings. The maximum Gasteiger partial charge on any atom is 0.240 e. The van der Waals surface area contributed by atoms with Crippen LogP contribution in [0.2, 0.25) is 0 Å². The summed E-state index contributed by atoms with van der Waals surface area (Å²) < 4.78 is 34.0. The minimum absolute atomic E-state index is 0.0872. The second-order valence-electron chi connectivity index (χ2n) is 8.75. The monoisotopic (exact) mass is 449 g/mol. The van der Waals surface area contributed by atoms with E-state index in [0.29, 0.717) is 31.1 Å². The van der Waals surface area contributed by atoms with Crippen LogP contribution in [0.1, 0.15) is 45.4 Å². The van der Waals surface area contributed by atoms with E-state index in [1.807, 2.05) is 4.90 Å². The number of hydrogen-bond acceptors (Lipinski definition) is 5. The third-order valence-electron chi connectivity index (χ3n) is 6.66. The minimum Gasteiger partial charge on any atom is -0.490 e. The van der Waals surface area contributed by atoms with Crippen LogP contribution >= 0.6 is 0 Å². The highest BCUT2D eigenvalue weighted by molar-refractivity contribution is 7.89. The molecule has 1 saturated heterocycles. The van der Waals surface area contributed by atoms with Crippen molar-refractivity contribution in [3.05, 3.63) is 18.2 Å². The van der Waals surface area contributed by atoms with Crippen LogP contribution in [0.4, 0.5) is 5.69 Å². The van der Waals surface area contributed by atoms with Crippen molar-refractivity contribution in [3.63, 3.8) is 0 Å². The van der Waals surface area contributed by atoms with E-state index in [-0.39, 0.29) is 28.5 Å². The molecule has 2 aliphatic heterocycles. The smallest absolute Gasteiger partial charge is 0.240 e. The SMILES string of the molecule is CC(=O)N1CCOc2ccc(S(=O)(=O)NCC3CCC(C(=O)N4CCCC4)CC3)cc21. The summed E-state index contributed by atoms with van der Waals surface area (Å²) in [5.41, 5.74) is 0.488. The molecule has 3 aliphatic rings. The second kappa shape index (κ2) is 9.16. The van der Waals surface area contributed by atoms with Crippen LogP contribution in [0.3, 0.4) is 0 Å². The van der Waals surface area contributed by atoms with Gasteiger partial charge in [0.05, 0.1) is 17.1 Å². The number of benzene rings is 1. The lowest BCUT2D eigenvalue weighted by atomic mass is 9.81. The molecule has 0 unspecified atom stereocenters. The zero-order valence-electron chi connectivity index (χ0n) is 18.0. The Hall–Kier alpha value is -2.13. The number of anilines is 1. The molecular weight excluding hydrogens is 418 g/mol. The number of likely N-dealkylation sites (tertiary alicyclic amines) is 1. The number of fused-ring (bicyclic) bond motifs is 1. The first-order valence-corrected chi connectivity index (χ1v) is 12.7. The van der Waals surface area contributed by atoms with Crippen LogP contribution in [0, 0.1) is 11.8 Å². The third-order valence-corrected chi connectivity index (χ3v) is 8.08. The van der Waals surface area contributed by atoms with Gasteiger partial charge in [-0.1, -0.05) is 0 Å². The van der Waals surface area contributed by atoms with Gasteiger partial charge >= 0.3 is 0 Å². The van der Waals surface area contributed by atoms with Gasteiger partial charge in [-0.05, 0) is 62.6 Å². The molecule has 2 amide bonds. The predicted octanol–water partition coefficient (Wildman–Crippen LogP) is 2.14. The van der Waals surface area contributed by atoms with Crippen molar-refractivity contribution in [2.75, 3.05) is 37.7 Å². The van der Waals surface area contributed by atoms with Crippen molar-refractivity contribution in [2.45, 2.75) is 50.3 Å². The van der Waals surface area contributed by atoms with Crippen molar-refractivity contribution in [1.29, 1.82) is 0 Å². The summed E-state index contributed by atoms with van der Waals surface area (Å²) in [6, 6.07) is 4.62. The highest BCUT2D eigenvalue weighted by Gasteiger charge is 2.31. The first-order chi connectivity index (χ1) is 14.8. The predicted molar refractivity (Wildman–Crippen MR) is 116 cm³/mol. The van der Waals surface area contributed by atoms with Crippen LogP contribution < -0.4 is 14.4 Å². The van der Waals surface area contributed by atoms with Gasteiger partial charge in [0.2, 0.25) is 21.8 Å². The minimum atomic E-state index is -3.70. The number of sulfonamides is 1. The Morgan fingerprint density at radius 3 is 2.48 bits per heavy atom. The Morgan fingerprint density at radius 2 is 1.81 bits per heavy atom. The topological polar surface area (TPSA) is 96.0 Å². The van der Waals surface area contributed by atoms with E-state index in [0.717, 1.165) is 51.6 Å². The Morgan fingerprint density at radius 1 is 1.10 bits per heavy atom. The van der Waals surface area contributed by atoms with Crippen LogP contribution in [-0.2, 0) is 19.6 Å². The summed E-state index contributed by atoms with van der Waals surface area (Å²) in [5.74, 6) is 0.966. The number of ether oxygens (including phenoxy) is 1. The van der Waals surface area contributed by atoms with Gasteiger partial charge in [0.15, 0.2) is 0 Å². The molecule has 1 saturated carbocycles. The fraction of sp³-hybridized carbons (Fsp3) is 0.636. The third kappa shape index (κ3) is 4.87. The summed E-state index contributed by atoms with van der Waals surface area (Å²) in [4.78, 5) is 28.1. The van der Waals surface area contributed by atoms with E-state index in [1.54, 1.807) is 6.07 Å². The fourth-order valence-electron chi connectivity index (χ4n) is 4.81. The van der Waals surface area contributed by atoms with Crippen LogP contribution in [0.25, 0.3) is 0 Å². The second-order valence-corrected chi connectivity index (χ2v) is 10.5. The molecule has 2 fully saturated rings. The molecular formula is C22H31N3O5S. The molecule has 0 aromatic heterocycles. The van der Waals surface area contributed by atoms with Gasteiger partial charge < -0.3 is 14.5 Å². The number of carbonyl (C=O) groups excluding carboxylic acids is 2. The van der Waals surface area contributed by atoms with Gasteiger partial charge in [-0.2, -0.15) is 0 Å². The van der Waals surface area contributed by atoms with Crippen LogP contribution in [0.15, 0.2) is 23.1 Å². The molecule has 0 radical (unpaired) electrons. The number of nitrogens with zero attached hydrogens (tertiary/aromatic N) is 2. The number of hydrogen-bond donors (Lipinski definition) is 1. The molecule has 31 heavy (non-hydrogen) atoms. The van der Waals surface area contributed by atoms with E-state index in [2.05, 4.69) is 4.72 Å². The largest absolute Gasteiger partial charge is 0.490 e. The zero-order valence-corrected chi connectivity index (χ0v) is 18.8.